The summed E-state index contributed by atoms with van der Waals surface area (Å²) >= 11 is 0. The zero-order valence-electron chi connectivity index (χ0n) is 24.7. The largest absolute Gasteiger partial charge is 0.355 e. The van der Waals surface area contributed by atoms with Crippen LogP contribution in [0.5, 0.6) is 0 Å². The lowest BCUT2D eigenvalue weighted by molar-refractivity contribution is 0.193. The predicted octanol–water partition coefficient (Wildman–Crippen LogP) is 7.29. The van der Waals surface area contributed by atoms with E-state index in [1.807, 2.05) is 24.1 Å². The lowest BCUT2D eigenvalue weighted by Crippen LogP contribution is -2.34. The summed E-state index contributed by atoms with van der Waals surface area (Å²) in [6.07, 6.45) is 6.07. The molecule has 6 nitrogen and oxygen atoms in total. The van der Waals surface area contributed by atoms with E-state index in [2.05, 4.69) is 53.3 Å². The number of pyridine rings is 1. The highest BCUT2D eigenvalue weighted by molar-refractivity contribution is 5.81. The Balaban J connectivity index is 1.12. The maximum Gasteiger partial charge on any atom is 0.129 e. The second-order valence-corrected chi connectivity index (χ2v) is 12.2. The van der Waals surface area contributed by atoms with Gasteiger partial charge >= 0.3 is 0 Å². The van der Waals surface area contributed by atoms with Gasteiger partial charge in [0, 0.05) is 37.3 Å². The van der Waals surface area contributed by atoms with Gasteiger partial charge in [-0.15, -0.1) is 0 Å². The first kappa shape index (κ1) is 28.1. The number of imidazole rings is 1. The van der Waals surface area contributed by atoms with Crippen molar-refractivity contribution in [2.24, 2.45) is 5.92 Å². The molecule has 1 saturated heterocycles. The fraction of sp³-hybridized carbons (Fsp3) is 0.400. The van der Waals surface area contributed by atoms with Crippen molar-refractivity contribution in [2.75, 3.05) is 25.0 Å². The first-order chi connectivity index (χ1) is 20.4. The lowest BCUT2D eigenvalue weighted by atomic mass is 9.85. The second kappa shape index (κ2) is 12.1. The summed E-state index contributed by atoms with van der Waals surface area (Å²) in [5.41, 5.74) is 6.57. The lowest BCUT2D eigenvalue weighted by Gasteiger charge is -2.32. The van der Waals surface area contributed by atoms with Crippen LogP contribution in [0.2, 0.25) is 0 Å². The summed E-state index contributed by atoms with van der Waals surface area (Å²) < 4.78 is 17.0. The summed E-state index contributed by atoms with van der Waals surface area (Å²) in [5, 5.41) is 9.02. The van der Waals surface area contributed by atoms with Gasteiger partial charge in [-0.2, -0.15) is 5.26 Å². The highest BCUT2D eigenvalue weighted by Crippen LogP contribution is 2.33. The molecule has 0 bridgehead atoms. The minimum atomic E-state index is -0.359. The smallest absolute Gasteiger partial charge is 0.129 e. The Morgan fingerprint density at radius 1 is 1.07 bits per heavy atom. The third kappa shape index (κ3) is 5.96. The molecule has 42 heavy (non-hydrogen) atoms. The fourth-order valence-corrected chi connectivity index (χ4v) is 6.24. The van der Waals surface area contributed by atoms with E-state index in [-0.39, 0.29) is 5.82 Å². The van der Waals surface area contributed by atoms with Crippen LogP contribution < -0.4 is 4.90 Å². The zero-order valence-corrected chi connectivity index (χ0v) is 24.7. The van der Waals surface area contributed by atoms with Gasteiger partial charge in [0.1, 0.15) is 17.5 Å². The average molecular weight is 563 g/mol. The molecule has 1 aliphatic carbocycles. The monoisotopic (exact) mass is 562 g/mol. The number of likely N-dealkylation sites (tertiary alicyclic amines) is 1. The number of hydrogen-bond donors (Lipinski definition) is 0. The Morgan fingerprint density at radius 3 is 2.57 bits per heavy atom. The Bertz CT molecular complexity index is 1640. The van der Waals surface area contributed by atoms with Crippen LogP contribution in [0, 0.1) is 23.1 Å². The molecule has 2 aliphatic rings. The molecular weight excluding hydrogens is 523 g/mol. The molecule has 216 valence electrons. The van der Waals surface area contributed by atoms with Gasteiger partial charge < -0.3 is 9.47 Å². The third-order valence-electron chi connectivity index (χ3n) is 9.09. The summed E-state index contributed by atoms with van der Waals surface area (Å²) in [7, 11) is 1.93. The average Bonchev–Trinajstić information content (AvgIpc) is 3.32. The molecule has 2 fully saturated rings. The number of nitrogens with zero attached hydrogens (tertiary/aromatic N) is 6. The SMILES string of the molecule is C=C(C)c1ccc2nc(CN3CCC(c4cccc(N(C)Cc5ccc(C#N)cc5F)n4)CC3)n(CC3CCC3)c2c1. The standard InChI is InChI=1S/C35H39FN6/c1-24(2)28-12-13-32-33(19-28)42(21-25-6-4-7-25)35(39-32)23-41-16-14-27(15-17-41)31-8-5-9-34(38-31)40(3)22-29-11-10-26(20-37)18-30(29)36/h5,8-13,18-19,25,27H,1,4,6-7,14-17,21-23H2,2-3H3. The molecule has 0 radical (unpaired) electrons. The third-order valence-corrected chi connectivity index (χ3v) is 9.09. The van der Waals surface area contributed by atoms with Gasteiger partial charge in [0.25, 0.3) is 0 Å². The number of piperidine rings is 1. The zero-order chi connectivity index (χ0) is 29.2. The quantitative estimate of drug-likeness (QED) is 0.214. The number of benzene rings is 2. The molecule has 3 heterocycles. The van der Waals surface area contributed by atoms with E-state index in [1.165, 1.54) is 42.2 Å². The molecule has 0 amide bonds. The van der Waals surface area contributed by atoms with Gasteiger partial charge in [-0.25, -0.2) is 14.4 Å². The first-order valence-electron chi connectivity index (χ1n) is 15.1. The summed E-state index contributed by atoms with van der Waals surface area (Å²) in [5.74, 6) is 2.80. The van der Waals surface area contributed by atoms with Crippen LogP contribution in [0.15, 0.2) is 61.2 Å². The molecule has 7 heteroatoms. The van der Waals surface area contributed by atoms with Gasteiger partial charge in [-0.1, -0.05) is 36.8 Å². The predicted molar refractivity (Wildman–Crippen MR) is 166 cm³/mol. The minimum absolute atomic E-state index is 0.331. The van der Waals surface area contributed by atoms with Crippen molar-refractivity contribution in [3.05, 3.63) is 95.2 Å². The van der Waals surface area contributed by atoms with E-state index in [0.717, 1.165) is 67.5 Å². The highest BCUT2D eigenvalue weighted by atomic mass is 19.1. The molecule has 1 saturated carbocycles. The Hall–Kier alpha value is -4.02. The Morgan fingerprint density at radius 2 is 1.88 bits per heavy atom. The van der Waals surface area contributed by atoms with Crippen LogP contribution >= 0.6 is 0 Å². The van der Waals surface area contributed by atoms with Crippen molar-refractivity contribution in [1.82, 2.24) is 19.4 Å². The van der Waals surface area contributed by atoms with Gasteiger partial charge in [0.15, 0.2) is 0 Å². The van der Waals surface area contributed by atoms with E-state index in [4.69, 9.17) is 15.2 Å². The molecule has 1 aliphatic heterocycles. The number of hydrogen-bond acceptors (Lipinski definition) is 5. The van der Waals surface area contributed by atoms with Crippen molar-refractivity contribution < 1.29 is 4.39 Å². The van der Waals surface area contributed by atoms with Crippen LogP contribution in [0.3, 0.4) is 0 Å². The second-order valence-electron chi connectivity index (χ2n) is 12.2. The van der Waals surface area contributed by atoms with Gasteiger partial charge in [-0.05, 0) is 93.6 Å². The van der Waals surface area contributed by atoms with E-state index < -0.39 is 0 Å². The van der Waals surface area contributed by atoms with Crippen LogP contribution in [-0.2, 0) is 19.6 Å². The van der Waals surface area contributed by atoms with Crippen LogP contribution in [0.25, 0.3) is 16.6 Å². The molecule has 0 atom stereocenters. The van der Waals surface area contributed by atoms with E-state index in [1.54, 1.807) is 12.1 Å². The van der Waals surface area contributed by atoms with Crippen molar-refractivity contribution in [2.45, 2.75) is 64.6 Å². The molecule has 0 unspecified atom stereocenters. The molecule has 6 rings (SSSR count). The maximum absolute atomic E-state index is 14.5. The molecular formula is C35H39FN6. The van der Waals surface area contributed by atoms with Gasteiger partial charge in [0.05, 0.1) is 29.2 Å². The van der Waals surface area contributed by atoms with Gasteiger partial charge in [0.2, 0.25) is 0 Å². The number of nitriles is 1. The van der Waals surface area contributed by atoms with Crippen LogP contribution in [0.1, 0.15) is 73.2 Å². The summed E-state index contributed by atoms with van der Waals surface area (Å²) in [4.78, 5) is 14.6. The normalized spacial score (nSPS) is 16.3. The number of fused-ring (bicyclic) bond motifs is 1. The summed E-state index contributed by atoms with van der Waals surface area (Å²) in [6.45, 7) is 10.5. The highest BCUT2D eigenvalue weighted by Gasteiger charge is 2.26. The number of halogens is 1. The molecule has 4 aromatic rings. The number of aromatic nitrogens is 3. The Labute approximate surface area is 248 Å². The number of allylic oxidation sites excluding steroid dienone is 1. The molecule has 2 aromatic carbocycles. The van der Waals surface area contributed by atoms with Gasteiger partial charge in [-0.3, -0.25) is 4.90 Å². The fourth-order valence-electron chi connectivity index (χ4n) is 6.24. The van der Waals surface area contributed by atoms with Crippen molar-refractivity contribution in [3.8, 4) is 6.07 Å². The molecule has 0 spiro atoms. The summed E-state index contributed by atoms with van der Waals surface area (Å²) in [6, 6.07) is 19.3. The molecule has 0 N–H and O–H groups in total. The maximum atomic E-state index is 14.5. The van der Waals surface area contributed by atoms with Crippen LogP contribution in [-0.4, -0.2) is 39.6 Å². The van der Waals surface area contributed by atoms with Crippen molar-refractivity contribution in [3.63, 3.8) is 0 Å². The van der Waals surface area contributed by atoms with Crippen molar-refractivity contribution >= 4 is 22.4 Å². The molecule has 2 aromatic heterocycles. The minimum Gasteiger partial charge on any atom is -0.355 e. The van der Waals surface area contributed by atoms with Crippen LogP contribution in [0.4, 0.5) is 10.2 Å². The van der Waals surface area contributed by atoms with E-state index in [9.17, 15) is 4.39 Å². The van der Waals surface area contributed by atoms with Crippen molar-refractivity contribution in [1.29, 1.82) is 5.26 Å². The number of rotatable bonds is 9. The van der Waals surface area contributed by atoms with E-state index >= 15 is 0 Å². The Kier molecular flexibility index (Phi) is 8.08. The number of anilines is 1. The van der Waals surface area contributed by atoms with E-state index in [0.29, 0.717) is 23.6 Å². The topological polar surface area (TPSA) is 61.0 Å². The first-order valence-corrected chi connectivity index (χ1v) is 15.1.